The molecule has 1 heterocycles. The lowest BCUT2D eigenvalue weighted by Crippen LogP contribution is -2.43. The topological polar surface area (TPSA) is 106 Å². The van der Waals surface area contributed by atoms with Gasteiger partial charge < -0.3 is 9.15 Å². The second-order valence-electron chi connectivity index (χ2n) is 7.92. The third-order valence-corrected chi connectivity index (χ3v) is 5.14. The first-order chi connectivity index (χ1) is 16.4. The van der Waals surface area contributed by atoms with E-state index in [-0.39, 0.29) is 6.61 Å². The van der Waals surface area contributed by atoms with E-state index in [0.29, 0.717) is 28.7 Å². The summed E-state index contributed by atoms with van der Waals surface area (Å²) < 4.78 is 11.3. The Kier molecular flexibility index (Phi) is 6.68. The van der Waals surface area contributed by atoms with Crippen LogP contribution in [0, 0.1) is 20.8 Å². The van der Waals surface area contributed by atoms with Gasteiger partial charge in [0.1, 0.15) is 5.75 Å². The van der Waals surface area contributed by atoms with Gasteiger partial charge in [-0.2, -0.15) is 0 Å². The molecule has 8 heteroatoms. The van der Waals surface area contributed by atoms with Crippen molar-refractivity contribution in [3.8, 4) is 28.7 Å². The molecule has 2 N–H and O–H groups in total. The standard InChI is InChI=1S/C26H24N4O4/c1-16-5-8-20(9-6-16)25-29-30-26(34-25)21-12-10-19(11-13-21)24(32)28-27-23(31)15-33-22-14-17(2)4-7-18(22)3/h4-14H,15H2,1-3H3,(H,27,31)(H,28,32). The van der Waals surface area contributed by atoms with E-state index in [1.807, 2.05) is 63.2 Å². The molecule has 8 nitrogen and oxygen atoms in total. The van der Waals surface area contributed by atoms with Crippen LogP contribution < -0.4 is 15.6 Å². The number of nitrogens with one attached hydrogen (secondary N) is 2. The highest BCUT2D eigenvalue weighted by molar-refractivity contribution is 5.95. The molecule has 0 bridgehead atoms. The lowest BCUT2D eigenvalue weighted by molar-refractivity contribution is -0.123. The van der Waals surface area contributed by atoms with Gasteiger partial charge in [-0.05, 0) is 74.4 Å². The van der Waals surface area contributed by atoms with Crippen LogP contribution in [-0.2, 0) is 4.79 Å². The van der Waals surface area contributed by atoms with Gasteiger partial charge in [0, 0.05) is 16.7 Å². The summed E-state index contributed by atoms with van der Waals surface area (Å²) in [6.45, 7) is 5.63. The Morgan fingerprint density at radius 3 is 2.03 bits per heavy atom. The van der Waals surface area contributed by atoms with Crippen LogP contribution in [0.1, 0.15) is 27.0 Å². The summed E-state index contributed by atoms with van der Waals surface area (Å²) in [5.74, 6) is 0.462. The van der Waals surface area contributed by atoms with Crippen LogP contribution in [-0.4, -0.2) is 28.6 Å². The molecule has 172 valence electrons. The Morgan fingerprint density at radius 1 is 0.794 bits per heavy atom. The number of amides is 2. The van der Waals surface area contributed by atoms with Crippen molar-refractivity contribution in [3.05, 3.63) is 89.0 Å². The molecule has 0 saturated carbocycles. The molecular formula is C26H24N4O4. The van der Waals surface area contributed by atoms with E-state index in [2.05, 4.69) is 21.0 Å². The van der Waals surface area contributed by atoms with Gasteiger partial charge in [-0.15, -0.1) is 10.2 Å². The van der Waals surface area contributed by atoms with Gasteiger partial charge in [0.2, 0.25) is 11.8 Å². The third-order valence-electron chi connectivity index (χ3n) is 5.14. The van der Waals surface area contributed by atoms with E-state index in [9.17, 15) is 9.59 Å². The van der Waals surface area contributed by atoms with Crippen LogP contribution in [0.25, 0.3) is 22.9 Å². The second-order valence-corrected chi connectivity index (χ2v) is 7.92. The zero-order valence-electron chi connectivity index (χ0n) is 19.1. The second kappa shape index (κ2) is 9.99. The van der Waals surface area contributed by atoms with Crippen molar-refractivity contribution in [1.29, 1.82) is 0 Å². The summed E-state index contributed by atoms with van der Waals surface area (Å²) >= 11 is 0. The Balaban J connectivity index is 1.31. The van der Waals surface area contributed by atoms with Crippen LogP contribution in [0.2, 0.25) is 0 Å². The minimum Gasteiger partial charge on any atom is -0.483 e. The average Bonchev–Trinajstić information content (AvgIpc) is 3.34. The zero-order valence-corrected chi connectivity index (χ0v) is 19.1. The van der Waals surface area contributed by atoms with Crippen molar-refractivity contribution in [1.82, 2.24) is 21.0 Å². The number of aromatic nitrogens is 2. The summed E-state index contributed by atoms with van der Waals surface area (Å²) in [7, 11) is 0. The van der Waals surface area contributed by atoms with Crippen molar-refractivity contribution in [2.75, 3.05) is 6.61 Å². The van der Waals surface area contributed by atoms with Crippen molar-refractivity contribution < 1.29 is 18.7 Å². The predicted octanol–water partition coefficient (Wildman–Crippen LogP) is 4.17. The van der Waals surface area contributed by atoms with Crippen LogP contribution in [0.5, 0.6) is 5.75 Å². The normalized spacial score (nSPS) is 10.6. The maximum absolute atomic E-state index is 12.4. The monoisotopic (exact) mass is 456 g/mol. The number of hydrogen-bond donors (Lipinski definition) is 2. The molecule has 4 rings (SSSR count). The van der Waals surface area contributed by atoms with Crippen molar-refractivity contribution in [2.24, 2.45) is 0 Å². The Hall–Kier alpha value is -4.46. The van der Waals surface area contributed by atoms with E-state index in [1.165, 1.54) is 0 Å². The number of hydrazine groups is 1. The number of aryl methyl sites for hydroxylation is 3. The van der Waals surface area contributed by atoms with Gasteiger partial charge >= 0.3 is 0 Å². The molecule has 3 aromatic carbocycles. The Morgan fingerprint density at radius 2 is 1.38 bits per heavy atom. The number of carbonyl (C=O) groups excluding carboxylic acids is 2. The molecule has 34 heavy (non-hydrogen) atoms. The molecule has 0 aliphatic heterocycles. The minimum atomic E-state index is -0.472. The molecule has 0 radical (unpaired) electrons. The number of rotatable bonds is 6. The van der Waals surface area contributed by atoms with E-state index in [1.54, 1.807) is 24.3 Å². The summed E-state index contributed by atoms with van der Waals surface area (Å²) in [5, 5.41) is 8.18. The Labute approximate surface area is 197 Å². The summed E-state index contributed by atoms with van der Waals surface area (Å²) in [4.78, 5) is 24.4. The smallest absolute Gasteiger partial charge is 0.276 e. The van der Waals surface area contributed by atoms with Gasteiger partial charge in [0.15, 0.2) is 6.61 Å². The fourth-order valence-electron chi connectivity index (χ4n) is 3.16. The number of benzene rings is 3. The molecule has 1 aromatic heterocycles. The molecular weight excluding hydrogens is 432 g/mol. The maximum Gasteiger partial charge on any atom is 0.276 e. The van der Waals surface area contributed by atoms with E-state index >= 15 is 0 Å². The highest BCUT2D eigenvalue weighted by Gasteiger charge is 2.13. The number of carbonyl (C=O) groups is 2. The van der Waals surface area contributed by atoms with Crippen LogP contribution in [0.3, 0.4) is 0 Å². The van der Waals surface area contributed by atoms with Gasteiger partial charge in [0.25, 0.3) is 11.8 Å². The first-order valence-corrected chi connectivity index (χ1v) is 10.7. The summed E-state index contributed by atoms with van der Waals surface area (Å²) in [5.41, 5.74) is 9.70. The zero-order chi connectivity index (χ0) is 24.1. The fraction of sp³-hybridized carbons (Fsp3) is 0.154. The van der Waals surface area contributed by atoms with Crippen LogP contribution >= 0.6 is 0 Å². The fourth-order valence-corrected chi connectivity index (χ4v) is 3.16. The van der Waals surface area contributed by atoms with E-state index in [4.69, 9.17) is 9.15 Å². The number of ether oxygens (including phenoxy) is 1. The molecule has 0 aliphatic carbocycles. The van der Waals surface area contributed by atoms with E-state index < -0.39 is 11.8 Å². The molecule has 0 aliphatic rings. The van der Waals surface area contributed by atoms with Crippen molar-refractivity contribution in [3.63, 3.8) is 0 Å². The molecule has 2 amide bonds. The minimum absolute atomic E-state index is 0.218. The number of hydrogen-bond acceptors (Lipinski definition) is 6. The van der Waals surface area contributed by atoms with Gasteiger partial charge in [-0.25, -0.2) is 0 Å². The highest BCUT2D eigenvalue weighted by atomic mass is 16.5. The first kappa shape index (κ1) is 22.7. The van der Waals surface area contributed by atoms with E-state index in [0.717, 1.165) is 22.3 Å². The first-order valence-electron chi connectivity index (χ1n) is 10.7. The SMILES string of the molecule is Cc1ccc(-c2nnc(-c3ccc(C(=O)NNC(=O)COc4cc(C)ccc4C)cc3)o2)cc1. The van der Waals surface area contributed by atoms with Crippen molar-refractivity contribution in [2.45, 2.75) is 20.8 Å². The number of nitrogens with zero attached hydrogens (tertiary/aromatic N) is 2. The molecule has 0 fully saturated rings. The maximum atomic E-state index is 12.4. The summed E-state index contributed by atoms with van der Waals surface area (Å²) in [6, 6.07) is 20.2. The van der Waals surface area contributed by atoms with Crippen LogP contribution in [0.15, 0.2) is 71.1 Å². The molecule has 4 aromatic rings. The lowest BCUT2D eigenvalue weighted by Gasteiger charge is -2.11. The molecule has 0 saturated heterocycles. The summed E-state index contributed by atoms with van der Waals surface area (Å²) in [6.07, 6.45) is 0. The quantitative estimate of drug-likeness (QED) is 0.422. The molecule has 0 unspecified atom stereocenters. The lowest BCUT2D eigenvalue weighted by atomic mass is 10.1. The van der Waals surface area contributed by atoms with Gasteiger partial charge in [-0.3, -0.25) is 20.4 Å². The average molecular weight is 457 g/mol. The molecule has 0 spiro atoms. The van der Waals surface area contributed by atoms with Gasteiger partial charge in [0.05, 0.1) is 0 Å². The Bertz CT molecular complexity index is 1310. The van der Waals surface area contributed by atoms with Gasteiger partial charge in [-0.1, -0.05) is 29.8 Å². The largest absolute Gasteiger partial charge is 0.483 e. The highest BCUT2D eigenvalue weighted by Crippen LogP contribution is 2.24. The molecule has 0 atom stereocenters. The third kappa shape index (κ3) is 5.47. The van der Waals surface area contributed by atoms with Crippen LogP contribution in [0.4, 0.5) is 0 Å². The predicted molar refractivity (Wildman–Crippen MR) is 127 cm³/mol. The van der Waals surface area contributed by atoms with Crippen molar-refractivity contribution >= 4 is 11.8 Å².